The lowest BCUT2D eigenvalue weighted by atomic mass is 9.90. The minimum absolute atomic E-state index is 0.0332. The molecule has 0 aliphatic carbocycles. The molecule has 3 nitrogen and oxygen atoms in total. The van der Waals surface area contributed by atoms with E-state index in [1.54, 1.807) is 13.3 Å². The Morgan fingerprint density at radius 3 is 2.50 bits per heavy atom. The molecule has 0 saturated heterocycles. The Bertz CT molecular complexity index is 544. The van der Waals surface area contributed by atoms with Crippen LogP contribution in [0.2, 0.25) is 0 Å². The van der Waals surface area contributed by atoms with Gasteiger partial charge in [0, 0.05) is 29.1 Å². The monoisotopic (exact) mass is 242 g/mol. The number of hydrogen-bond acceptors (Lipinski definition) is 3. The highest BCUT2D eigenvalue weighted by molar-refractivity contribution is 5.68. The Hall–Kier alpha value is -1.90. The van der Waals surface area contributed by atoms with Crippen molar-refractivity contribution in [2.75, 3.05) is 7.11 Å². The number of methoxy groups -OCH3 is 1. The standard InChI is InChI=1S/C15H18N2O/c1-15(2,3)13-10-11(7-9-16-13)12-6-5-8-17-14(12)18-4/h5-10H,1-4H3. The summed E-state index contributed by atoms with van der Waals surface area (Å²) in [6.45, 7) is 6.46. The van der Waals surface area contributed by atoms with Crippen molar-refractivity contribution in [1.82, 2.24) is 9.97 Å². The summed E-state index contributed by atoms with van der Waals surface area (Å²) in [7, 11) is 1.64. The molecule has 0 unspecified atom stereocenters. The molecule has 3 heteroatoms. The van der Waals surface area contributed by atoms with Gasteiger partial charge in [0.15, 0.2) is 0 Å². The molecule has 94 valence electrons. The third kappa shape index (κ3) is 2.50. The molecule has 0 aliphatic heterocycles. The zero-order chi connectivity index (χ0) is 13.2. The first-order valence-electron chi connectivity index (χ1n) is 5.98. The SMILES string of the molecule is COc1ncccc1-c1ccnc(C(C)(C)C)c1. The Morgan fingerprint density at radius 2 is 1.83 bits per heavy atom. The minimum Gasteiger partial charge on any atom is -0.481 e. The van der Waals surface area contributed by atoms with Crippen molar-refractivity contribution in [2.45, 2.75) is 26.2 Å². The molecule has 0 bridgehead atoms. The molecule has 2 heterocycles. The summed E-state index contributed by atoms with van der Waals surface area (Å²) < 4.78 is 5.29. The minimum atomic E-state index is 0.0332. The smallest absolute Gasteiger partial charge is 0.221 e. The summed E-state index contributed by atoms with van der Waals surface area (Å²) in [5.41, 5.74) is 3.17. The molecule has 0 saturated carbocycles. The van der Waals surface area contributed by atoms with Gasteiger partial charge < -0.3 is 4.74 Å². The first-order chi connectivity index (χ1) is 8.52. The van der Waals surface area contributed by atoms with Crippen molar-refractivity contribution in [3.8, 4) is 17.0 Å². The third-order valence-corrected chi connectivity index (χ3v) is 2.80. The van der Waals surface area contributed by atoms with E-state index < -0.39 is 0 Å². The van der Waals surface area contributed by atoms with Crippen molar-refractivity contribution in [1.29, 1.82) is 0 Å². The van der Waals surface area contributed by atoms with Gasteiger partial charge in [-0.1, -0.05) is 20.8 Å². The van der Waals surface area contributed by atoms with Crippen LogP contribution in [0.1, 0.15) is 26.5 Å². The van der Waals surface area contributed by atoms with E-state index in [0.29, 0.717) is 5.88 Å². The van der Waals surface area contributed by atoms with E-state index in [1.807, 2.05) is 24.4 Å². The van der Waals surface area contributed by atoms with Crippen LogP contribution in [-0.2, 0) is 5.41 Å². The summed E-state index contributed by atoms with van der Waals surface area (Å²) in [5.74, 6) is 0.642. The average Bonchev–Trinajstić information content (AvgIpc) is 2.38. The first-order valence-corrected chi connectivity index (χ1v) is 5.98. The summed E-state index contributed by atoms with van der Waals surface area (Å²) in [6, 6.07) is 8.00. The molecule has 2 rings (SSSR count). The molecule has 0 radical (unpaired) electrons. The normalized spacial score (nSPS) is 11.3. The molecule has 0 aromatic carbocycles. The Morgan fingerprint density at radius 1 is 1.06 bits per heavy atom. The van der Waals surface area contributed by atoms with Gasteiger partial charge in [0.1, 0.15) is 0 Å². The molecule has 2 aromatic heterocycles. The van der Waals surface area contributed by atoms with Gasteiger partial charge in [-0.05, 0) is 29.8 Å². The van der Waals surface area contributed by atoms with Crippen molar-refractivity contribution in [2.24, 2.45) is 0 Å². The largest absolute Gasteiger partial charge is 0.481 e. The van der Waals surface area contributed by atoms with Gasteiger partial charge in [-0.15, -0.1) is 0 Å². The van der Waals surface area contributed by atoms with Crippen LogP contribution in [-0.4, -0.2) is 17.1 Å². The lowest BCUT2D eigenvalue weighted by Gasteiger charge is -2.18. The number of hydrogen-bond donors (Lipinski definition) is 0. The fourth-order valence-corrected chi connectivity index (χ4v) is 1.78. The van der Waals surface area contributed by atoms with Gasteiger partial charge in [-0.25, -0.2) is 4.98 Å². The van der Waals surface area contributed by atoms with E-state index in [4.69, 9.17) is 4.74 Å². The second kappa shape index (κ2) is 4.77. The number of rotatable bonds is 2. The Labute approximate surface area is 108 Å². The van der Waals surface area contributed by atoms with Crippen molar-refractivity contribution in [3.63, 3.8) is 0 Å². The first kappa shape index (κ1) is 12.6. The maximum absolute atomic E-state index is 5.29. The molecule has 2 aromatic rings. The number of nitrogens with zero attached hydrogens (tertiary/aromatic N) is 2. The van der Waals surface area contributed by atoms with Crippen LogP contribution < -0.4 is 4.74 Å². The van der Waals surface area contributed by atoms with Crippen LogP contribution in [0.4, 0.5) is 0 Å². The molecule has 0 amide bonds. The second-order valence-corrected chi connectivity index (χ2v) is 5.24. The Kier molecular flexibility index (Phi) is 3.32. The zero-order valence-electron chi connectivity index (χ0n) is 11.3. The number of aromatic nitrogens is 2. The van der Waals surface area contributed by atoms with Crippen LogP contribution in [0.15, 0.2) is 36.7 Å². The van der Waals surface area contributed by atoms with E-state index in [0.717, 1.165) is 16.8 Å². The van der Waals surface area contributed by atoms with Gasteiger partial charge in [-0.2, -0.15) is 0 Å². The maximum Gasteiger partial charge on any atom is 0.221 e. The predicted octanol–water partition coefficient (Wildman–Crippen LogP) is 3.45. The molecule has 0 spiro atoms. The highest BCUT2D eigenvalue weighted by Crippen LogP contribution is 2.30. The molecule has 0 atom stereocenters. The van der Waals surface area contributed by atoms with Crippen molar-refractivity contribution >= 4 is 0 Å². The molecule has 0 aliphatic rings. The fourth-order valence-electron chi connectivity index (χ4n) is 1.78. The Balaban J connectivity index is 2.51. The lowest BCUT2D eigenvalue weighted by Crippen LogP contribution is -2.13. The fraction of sp³-hybridized carbons (Fsp3) is 0.333. The van der Waals surface area contributed by atoms with Crippen LogP contribution in [0, 0.1) is 0 Å². The summed E-state index contributed by atoms with van der Waals surface area (Å²) in [4.78, 5) is 8.65. The molecule has 0 fully saturated rings. The van der Waals surface area contributed by atoms with E-state index in [9.17, 15) is 0 Å². The lowest BCUT2D eigenvalue weighted by molar-refractivity contribution is 0.399. The summed E-state index contributed by atoms with van der Waals surface area (Å²) in [6.07, 6.45) is 3.57. The zero-order valence-corrected chi connectivity index (χ0v) is 11.3. The van der Waals surface area contributed by atoms with Gasteiger partial charge >= 0.3 is 0 Å². The molecule has 0 N–H and O–H groups in total. The van der Waals surface area contributed by atoms with Crippen LogP contribution in [0.25, 0.3) is 11.1 Å². The second-order valence-electron chi connectivity index (χ2n) is 5.24. The third-order valence-electron chi connectivity index (χ3n) is 2.80. The highest BCUT2D eigenvalue weighted by Gasteiger charge is 2.16. The van der Waals surface area contributed by atoms with Gasteiger partial charge in [-0.3, -0.25) is 4.98 Å². The summed E-state index contributed by atoms with van der Waals surface area (Å²) >= 11 is 0. The van der Waals surface area contributed by atoms with Crippen LogP contribution in [0.3, 0.4) is 0 Å². The number of pyridine rings is 2. The molecular formula is C15H18N2O. The number of ether oxygens (including phenoxy) is 1. The van der Waals surface area contributed by atoms with Gasteiger partial charge in [0.05, 0.1) is 7.11 Å². The summed E-state index contributed by atoms with van der Waals surface area (Å²) in [5, 5.41) is 0. The van der Waals surface area contributed by atoms with E-state index in [1.165, 1.54) is 0 Å². The van der Waals surface area contributed by atoms with Gasteiger partial charge in [0.25, 0.3) is 0 Å². The van der Waals surface area contributed by atoms with Crippen molar-refractivity contribution < 1.29 is 4.74 Å². The average molecular weight is 242 g/mol. The highest BCUT2D eigenvalue weighted by atomic mass is 16.5. The van der Waals surface area contributed by atoms with Crippen LogP contribution >= 0.6 is 0 Å². The molecular weight excluding hydrogens is 224 g/mol. The van der Waals surface area contributed by atoms with E-state index in [-0.39, 0.29) is 5.41 Å². The predicted molar refractivity (Wildman–Crippen MR) is 72.7 cm³/mol. The van der Waals surface area contributed by atoms with E-state index in [2.05, 4.69) is 36.8 Å². The van der Waals surface area contributed by atoms with Crippen LogP contribution in [0.5, 0.6) is 5.88 Å². The van der Waals surface area contributed by atoms with Gasteiger partial charge in [0.2, 0.25) is 5.88 Å². The molecule has 18 heavy (non-hydrogen) atoms. The topological polar surface area (TPSA) is 35.0 Å². The maximum atomic E-state index is 5.29. The quantitative estimate of drug-likeness (QED) is 0.809. The van der Waals surface area contributed by atoms with Crippen molar-refractivity contribution in [3.05, 3.63) is 42.4 Å². The van der Waals surface area contributed by atoms with E-state index >= 15 is 0 Å².